The van der Waals surface area contributed by atoms with Gasteiger partial charge in [-0.25, -0.2) is 4.99 Å². The molecular weight excluding hydrogens is 296 g/mol. The van der Waals surface area contributed by atoms with Gasteiger partial charge in [-0.3, -0.25) is 0 Å². The minimum Gasteiger partial charge on any atom is -0.386 e. The summed E-state index contributed by atoms with van der Waals surface area (Å²) < 4.78 is 5.84. The molecule has 1 aromatic rings. The highest BCUT2D eigenvalue weighted by Gasteiger charge is 2.92. The zero-order valence-corrected chi connectivity index (χ0v) is 12.6. The van der Waals surface area contributed by atoms with Gasteiger partial charge in [-0.1, -0.05) is 42.1 Å². The Kier molecular flexibility index (Phi) is 2.64. The fourth-order valence-corrected chi connectivity index (χ4v) is 5.40. The number of nitriles is 2. The van der Waals surface area contributed by atoms with Crippen molar-refractivity contribution in [3.05, 3.63) is 35.9 Å². The van der Waals surface area contributed by atoms with E-state index in [0.717, 1.165) is 11.3 Å². The zero-order chi connectivity index (χ0) is 15.4. The topological polar surface area (TPSA) is 95.2 Å². The molecule has 110 valence electrons. The Morgan fingerprint density at radius 2 is 2.09 bits per heavy atom. The lowest BCUT2D eigenvalue weighted by atomic mass is 9.95. The van der Waals surface area contributed by atoms with Crippen molar-refractivity contribution in [2.24, 2.45) is 27.5 Å². The Labute approximate surface area is 132 Å². The Balaban J connectivity index is 1.80. The molecule has 0 amide bonds. The van der Waals surface area contributed by atoms with Gasteiger partial charge in [0, 0.05) is 11.7 Å². The van der Waals surface area contributed by atoms with Crippen LogP contribution in [0, 0.1) is 39.4 Å². The highest BCUT2D eigenvalue weighted by atomic mass is 32.2. The Bertz CT molecular complexity index is 744. The Morgan fingerprint density at radius 3 is 2.68 bits per heavy atom. The smallest absolute Gasteiger partial charge is 0.230 e. The predicted molar refractivity (Wildman–Crippen MR) is 82.5 cm³/mol. The number of amidine groups is 1. The number of hydrogen-bond donors (Lipinski definition) is 1. The van der Waals surface area contributed by atoms with Crippen molar-refractivity contribution in [1.29, 1.82) is 10.5 Å². The fraction of sp³-hybridized carbons (Fsp3) is 0.438. The van der Waals surface area contributed by atoms with Gasteiger partial charge in [-0.05, 0) is 12.0 Å². The van der Waals surface area contributed by atoms with Crippen LogP contribution in [0.15, 0.2) is 35.3 Å². The quantitative estimate of drug-likeness (QED) is 0.896. The van der Waals surface area contributed by atoms with Gasteiger partial charge in [-0.2, -0.15) is 10.5 Å². The molecule has 0 bridgehead atoms. The van der Waals surface area contributed by atoms with Gasteiger partial charge >= 0.3 is 0 Å². The highest BCUT2D eigenvalue weighted by Crippen LogP contribution is 2.81. The van der Waals surface area contributed by atoms with Crippen LogP contribution in [-0.2, 0) is 11.2 Å². The van der Waals surface area contributed by atoms with Crippen molar-refractivity contribution in [1.82, 2.24) is 0 Å². The van der Waals surface area contributed by atoms with Gasteiger partial charge in [0.2, 0.25) is 5.06 Å². The van der Waals surface area contributed by atoms with Gasteiger partial charge in [0.25, 0.3) is 0 Å². The second-order valence-corrected chi connectivity index (χ2v) is 7.11. The molecule has 2 aliphatic heterocycles. The van der Waals surface area contributed by atoms with Crippen LogP contribution in [0.4, 0.5) is 0 Å². The number of thioether (sulfide) groups is 1. The molecule has 1 spiro atoms. The molecule has 3 aliphatic rings. The van der Waals surface area contributed by atoms with E-state index >= 15 is 0 Å². The summed E-state index contributed by atoms with van der Waals surface area (Å²) in [5, 5.41) is 18.7. The molecule has 6 heteroatoms. The lowest BCUT2D eigenvalue weighted by Crippen LogP contribution is -2.34. The van der Waals surface area contributed by atoms with Crippen LogP contribution in [0.2, 0.25) is 0 Å². The van der Waals surface area contributed by atoms with Crippen molar-refractivity contribution in [3.63, 3.8) is 0 Å². The van der Waals surface area contributed by atoms with Gasteiger partial charge in [-0.15, -0.1) is 0 Å². The minimum atomic E-state index is -1.02. The van der Waals surface area contributed by atoms with E-state index in [-0.39, 0.29) is 11.8 Å². The number of nitrogens with two attached hydrogens (primary N) is 1. The van der Waals surface area contributed by atoms with E-state index in [4.69, 9.17) is 10.5 Å². The predicted octanol–water partition coefficient (Wildman–Crippen LogP) is 1.67. The summed E-state index contributed by atoms with van der Waals surface area (Å²) in [7, 11) is 0. The van der Waals surface area contributed by atoms with Crippen molar-refractivity contribution < 1.29 is 4.74 Å². The lowest BCUT2D eigenvalue weighted by Gasteiger charge is -2.26. The first-order valence-corrected chi connectivity index (χ1v) is 8.15. The molecule has 2 heterocycles. The number of nitrogens with zero attached hydrogens (tertiary/aromatic N) is 3. The molecule has 1 saturated heterocycles. The maximum absolute atomic E-state index is 9.93. The molecule has 2 N–H and O–H groups in total. The third kappa shape index (κ3) is 1.27. The fourth-order valence-electron chi connectivity index (χ4n) is 4.05. The van der Waals surface area contributed by atoms with Crippen LogP contribution >= 0.6 is 11.8 Å². The van der Waals surface area contributed by atoms with Crippen LogP contribution in [0.25, 0.3) is 0 Å². The summed E-state index contributed by atoms with van der Waals surface area (Å²) >= 11 is 1.49. The van der Waals surface area contributed by atoms with Crippen LogP contribution in [0.1, 0.15) is 5.56 Å². The average Bonchev–Trinajstić information content (AvgIpc) is 2.81. The first-order valence-electron chi connectivity index (χ1n) is 7.17. The number of benzene rings is 1. The summed E-state index contributed by atoms with van der Waals surface area (Å²) in [6.45, 7) is 0.532. The molecule has 22 heavy (non-hydrogen) atoms. The van der Waals surface area contributed by atoms with Gasteiger partial charge in [0.05, 0.1) is 18.7 Å². The average molecular weight is 310 g/mol. The molecule has 1 aromatic carbocycles. The molecule has 0 radical (unpaired) electrons. The van der Waals surface area contributed by atoms with E-state index in [1.165, 1.54) is 11.8 Å². The van der Waals surface area contributed by atoms with Crippen LogP contribution < -0.4 is 5.73 Å². The highest BCUT2D eigenvalue weighted by molar-refractivity contribution is 8.00. The molecule has 5 nitrogen and oxygen atoms in total. The Hall–Kier alpha value is -2.02. The monoisotopic (exact) mass is 310 g/mol. The van der Waals surface area contributed by atoms with Gasteiger partial charge in [0.15, 0.2) is 0 Å². The summed E-state index contributed by atoms with van der Waals surface area (Å²) in [6.07, 6.45) is 0.629. The maximum atomic E-state index is 9.93. The second-order valence-electron chi connectivity index (χ2n) is 5.86. The molecule has 0 aromatic heterocycles. The SMILES string of the molecule is N#C[C@]12[C@@H](Cc3ccccc3)[C@@]1(C#N)C(N)=N[C@]21OCCS1. The Morgan fingerprint density at radius 1 is 1.32 bits per heavy atom. The standard InChI is InChI=1S/C16H14N4OS/c17-9-14-12(8-11-4-2-1-3-5-11)15(14,10-18)16(20-13(14)19)21-6-7-22-16/h1-5,12H,6-8H2,(H2,19,20)/t12-,14-,15-,16-/m0/s1. The van der Waals surface area contributed by atoms with Crippen molar-refractivity contribution >= 4 is 17.6 Å². The van der Waals surface area contributed by atoms with E-state index in [9.17, 15) is 10.5 Å². The van der Waals surface area contributed by atoms with Crippen molar-refractivity contribution in [2.45, 2.75) is 11.5 Å². The normalized spacial score (nSPS) is 41.5. The molecule has 0 unspecified atom stereocenters. The van der Waals surface area contributed by atoms with Crippen LogP contribution in [0.3, 0.4) is 0 Å². The lowest BCUT2D eigenvalue weighted by molar-refractivity contribution is 0.0168. The number of ether oxygens (including phenoxy) is 1. The first-order chi connectivity index (χ1) is 10.7. The minimum absolute atomic E-state index is 0.180. The van der Waals surface area contributed by atoms with E-state index in [1.54, 1.807) is 0 Å². The maximum Gasteiger partial charge on any atom is 0.230 e. The largest absolute Gasteiger partial charge is 0.386 e. The van der Waals surface area contributed by atoms with E-state index < -0.39 is 15.9 Å². The third-order valence-corrected chi connectivity index (χ3v) is 6.36. The van der Waals surface area contributed by atoms with Crippen LogP contribution in [0.5, 0.6) is 0 Å². The van der Waals surface area contributed by atoms with E-state index in [2.05, 4.69) is 17.1 Å². The molecule has 4 rings (SSSR count). The van der Waals surface area contributed by atoms with E-state index in [0.29, 0.717) is 13.0 Å². The molecule has 1 aliphatic carbocycles. The third-order valence-electron chi connectivity index (χ3n) is 5.07. The number of hydrogen-bond acceptors (Lipinski definition) is 6. The van der Waals surface area contributed by atoms with Gasteiger partial charge < -0.3 is 10.5 Å². The molecular formula is C16H14N4OS. The number of rotatable bonds is 2. The van der Waals surface area contributed by atoms with Crippen molar-refractivity contribution in [2.75, 3.05) is 12.4 Å². The van der Waals surface area contributed by atoms with Crippen LogP contribution in [-0.4, -0.2) is 23.3 Å². The first kappa shape index (κ1) is 13.6. The summed E-state index contributed by atoms with van der Waals surface area (Å²) in [6, 6.07) is 14.6. The second kappa shape index (κ2) is 4.25. The molecule has 1 saturated carbocycles. The van der Waals surface area contributed by atoms with Gasteiger partial charge in [0.1, 0.15) is 16.7 Å². The number of fused-ring (bicyclic) bond motifs is 2. The summed E-state index contributed by atoms with van der Waals surface area (Å²) in [4.78, 5) is 4.42. The summed E-state index contributed by atoms with van der Waals surface area (Å²) in [5.74, 6) is 0.840. The molecule has 4 atom stereocenters. The van der Waals surface area contributed by atoms with E-state index in [1.807, 2.05) is 30.3 Å². The van der Waals surface area contributed by atoms with Crippen molar-refractivity contribution in [3.8, 4) is 12.1 Å². The zero-order valence-electron chi connectivity index (χ0n) is 11.8. The number of aliphatic imine (C=N–C) groups is 1. The molecule has 2 fully saturated rings. The summed E-state index contributed by atoms with van der Waals surface area (Å²) in [5.41, 5.74) is 5.21.